The number of halogens is 3. The van der Waals surface area contributed by atoms with Crippen LogP contribution >= 0.6 is 0 Å². The van der Waals surface area contributed by atoms with Gasteiger partial charge in [0, 0.05) is 25.2 Å². The molecular weight excluding hydrogens is 441 g/mol. The number of benzene rings is 1. The van der Waals surface area contributed by atoms with Crippen LogP contribution in [-0.4, -0.2) is 41.8 Å². The molecule has 7 heteroatoms. The Labute approximate surface area is 203 Å². The van der Waals surface area contributed by atoms with E-state index in [1.807, 2.05) is 20.8 Å². The third-order valence-corrected chi connectivity index (χ3v) is 6.71. The van der Waals surface area contributed by atoms with Gasteiger partial charge < -0.3 is 15.0 Å². The van der Waals surface area contributed by atoms with Crippen molar-refractivity contribution in [3.63, 3.8) is 0 Å². The van der Waals surface area contributed by atoms with E-state index >= 15 is 0 Å². The number of ether oxygens (including phenoxy) is 1. The number of likely N-dealkylation sites (tertiary alicyclic amines) is 1. The monoisotopic (exact) mass is 484 g/mol. The molecule has 0 spiro atoms. The van der Waals surface area contributed by atoms with Crippen LogP contribution in [0.2, 0.25) is 0 Å². The maximum absolute atomic E-state index is 13.0. The van der Waals surface area contributed by atoms with Gasteiger partial charge in [0.05, 0.1) is 5.56 Å². The quantitative estimate of drug-likeness (QED) is 0.446. The summed E-state index contributed by atoms with van der Waals surface area (Å²) in [4.78, 5) is 14.6. The lowest BCUT2D eigenvalue weighted by molar-refractivity contribution is -0.137. The number of hydrogen-bond donors (Lipinski definition) is 1. The number of carbonyl (C=O) groups is 1. The molecule has 1 aliphatic rings. The lowest BCUT2D eigenvalue weighted by Crippen LogP contribution is -2.51. The molecule has 1 amide bonds. The standard InChI is InChI=1S/C27H43F3N2O2/c1-19(2)31-23(33)34-26(8)13-15-32(16-14-26)22(17-24(3,4)5)18-25(6,7)20-9-11-21(12-10-20)27(28,29)30/h9-12,19,22H,13-18H2,1-8H3,(H,31,33). The number of carbonyl (C=O) groups excluding carboxylic acids is 1. The van der Waals surface area contributed by atoms with Gasteiger partial charge in [-0.1, -0.05) is 46.8 Å². The van der Waals surface area contributed by atoms with Crippen LogP contribution in [0.1, 0.15) is 92.2 Å². The molecule has 1 unspecified atom stereocenters. The fourth-order valence-corrected chi connectivity index (χ4v) is 4.81. The van der Waals surface area contributed by atoms with Crippen molar-refractivity contribution < 1.29 is 22.7 Å². The number of amides is 1. The van der Waals surface area contributed by atoms with Crippen molar-refractivity contribution in [2.75, 3.05) is 13.1 Å². The first-order valence-corrected chi connectivity index (χ1v) is 12.3. The minimum absolute atomic E-state index is 0.0276. The minimum Gasteiger partial charge on any atom is -0.443 e. The molecule has 0 radical (unpaired) electrons. The summed E-state index contributed by atoms with van der Waals surface area (Å²) in [5, 5.41) is 2.80. The zero-order valence-corrected chi connectivity index (χ0v) is 22.1. The number of nitrogens with zero attached hydrogens (tertiary/aromatic N) is 1. The van der Waals surface area contributed by atoms with E-state index in [-0.39, 0.29) is 29.0 Å². The molecule has 0 aliphatic carbocycles. The van der Waals surface area contributed by atoms with Crippen LogP contribution in [0.4, 0.5) is 18.0 Å². The molecule has 1 heterocycles. The topological polar surface area (TPSA) is 41.6 Å². The SMILES string of the molecule is CC(C)NC(=O)OC1(C)CCN(C(CC(C)(C)C)CC(C)(C)c2ccc(C(F)(F)F)cc2)CC1. The molecule has 1 aromatic carbocycles. The molecule has 2 rings (SSSR count). The van der Waals surface area contributed by atoms with Crippen LogP contribution in [0.25, 0.3) is 0 Å². The molecule has 34 heavy (non-hydrogen) atoms. The van der Waals surface area contributed by atoms with Crippen molar-refractivity contribution in [1.29, 1.82) is 0 Å². The van der Waals surface area contributed by atoms with Crippen molar-refractivity contribution >= 4 is 6.09 Å². The first-order chi connectivity index (χ1) is 15.4. The molecule has 1 saturated heterocycles. The summed E-state index contributed by atoms with van der Waals surface area (Å²) < 4.78 is 44.8. The van der Waals surface area contributed by atoms with Crippen molar-refractivity contribution in [2.45, 2.75) is 110 Å². The van der Waals surface area contributed by atoms with Crippen LogP contribution in [0.15, 0.2) is 24.3 Å². The van der Waals surface area contributed by atoms with E-state index in [4.69, 9.17) is 4.74 Å². The first-order valence-electron chi connectivity index (χ1n) is 12.3. The zero-order chi connectivity index (χ0) is 25.9. The van der Waals surface area contributed by atoms with E-state index in [2.05, 4.69) is 44.8 Å². The second-order valence-electron chi connectivity index (χ2n) is 12.3. The number of alkyl carbamates (subject to hydrolysis) is 1. The summed E-state index contributed by atoms with van der Waals surface area (Å²) in [7, 11) is 0. The average molecular weight is 485 g/mol. The summed E-state index contributed by atoms with van der Waals surface area (Å²) in [6, 6.07) is 5.89. The highest BCUT2D eigenvalue weighted by Gasteiger charge is 2.39. The van der Waals surface area contributed by atoms with E-state index in [9.17, 15) is 18.0 Å². The molecule has 1 fully saturated rings. The van der Waals surface area contributed by atoms with Gasteiger partial charge in [-0.2, -0.15) is 13.2 Å². The van der Waals surface area contributed by atoms with E-state index in [1.165, 1.54) is 12.1 Å². The molecule has 1 aliphatic heterocycles. The molecule has 0 aromatic heterocycles. The zero-order valence-electron chi connectivity index (χ0n) is 22.1. The molecule has 4 nitrogen and oxygen atoms in total. The van der Waals surface area contributed by atoms with Crippen LogP contribution in [0.3, 0.4) is 0 Å². The Kier molecular flexibility index (Phi) is 8.77. The molecule has 1 N–H and O–H groups in total. The minimum atomic E-state index is -4.33. The highest BCUT2D eigenvalue weighted by atomic mass is 19.4. The fourth-order valence-electron chi connectivity index (χ4n) is 4.81. The summed E-state index contributed by atoms with van der Waals surface area (Å²) in [5.41, 5.74) is -0.376. The summed E-state index contributed by atoms with van der Waals surface area (Å²) in [6.07, 6.45) is -1.39. The van der Waals surface area contributed by atoms with Crippen LogP contribution in [0, 0.1) is 5.41 Å². The number of alkyl halides is 3. The van der Waals surface area contributed by atoms with Crippen molar-refractivity contribution in [1.82, 2.24) is 10.2 Å². The van der Waals surface area contributed by atoms with Gasteiger partial charge in [-0.25, -0.2) is 4.79 Å². The summed E-state index contributed by atoms with van der Waals surface area (Å²) in [6.45, 7) is 18.3. The molecule has 1 atom stereocenters. The van der Waals surface area contributed by atoms with Gasteiger partial charge in [0.1, 0.15) is 5.60 Å². The number of nitrogens with one attached hydrogen (secondary N) is 1. The van der Waals surface area contributed by atoms with E-state index in [0.717, 1.165) is 44.3 Å². The third-order valence-electron chi connectivity index (χ3n) is 6.71. The largest absolute Gasteiger partial charge is 0.443 e. The van der Waals surface area contributed by atoms with Crippen molar-refractivity contribution in [3.8, 4) is 0 Å². The van der Waals surface area contributed by atoms with Crippen LogP contribution < -0.4 is 5.32 Å². The second kappa shape index (κ2) is 10.5. The van der Waals surface area contributed by atoms with Gasteiger partial charge in [0.15, 0.2) is 0 Å². The lowest BCUT2D eigenvalue weighted by Gasteiger charge is -2.45. The Balaban J connectivity index is 2.13. The predicted molar refractivity (Wildman–Crippen MR) is 131 cm³/mol. The van der Waals surface area contributed by atoms with Gasteiger partial charge in [0.2, 0.25) is 0 Å². The average Bonchev–Trinajstić information content (AvgIpc) is 2.65. The Morgan fingerprint density at radius 3 is 1.94 bits per heavy atom. The smallest absolute Gasteiger partial charge is 0.416 e. The fraction of sp³-hybridized carbons (Fsp3) is 0.741. The van der Waals surface area contributed by atoms with Crippen LogP contribution in [0.5, 0.6) is 0 Å². The highest BCUT2D eigenvalue weighted by Crippen LogP contribution is 2.38. The van der Waals surface area contributed by atoms with Gasteiger partial charge >= 0.3 is 12.3 Å². The van der Waals surface area contributed by atoms with E-state index in [0.29, 0.717) is 0 Å². The normalized spacial score (nSPS) is 18.6. The number of rotatable bonds is 7. The molecule has 194 valence electrons. The van der Waals surface area contributed by atoms with E-state index < -0.39 is 17.3 Å². The van der Waals surface area contributed by atoms with Gasteiger partial charge in [-0.15, -0.1) is 0 Å². The number of piperidine rings is 1. The van der Waals surface area contributed by atoms with Crippen LogP contribution in [-0.2, 0) is 16.3 Å². The third kappa shape index (κ3) is 8.47. The van der Waals surface area contributed by atoms with Gasteiger partial charge in [0.25, 0.3) is 0 Å². The Morgan fingerprint density at radius 2 is 1.50 bits per heavy atom. The first kappa shape index (κ1) is 28.5. The Hall–Kier alpha value is -1.76. The Morgan fingerprint density at radius 1 is 1.00 bits per heavy atom. The molecule has 1 aromatic rings. The van der Waals surface area contributed by atoms with Gasteiger partial charge in [-0.3, -0.25) is 0 Å². The van der Waals surface area contributed by atoms with Crippen molar-refractivity contribution in [2.24, 2.45) is 5.41 Å². The summed E-state index contributed by atoms with van der Waals surface area (Å²) >= 11 is 0. The number of hydrogen-bond acceptors (Lipinski definition) is 3. The predicted octanol–water partition coefficient (Wildman–Crippen LogP) is 7.17. The maximum atomic E-state index is 13.0. The van der Waals surface area contributed by atoms with Gasteiger partial charge in [-0.05, 0) is 75.0 Å². The lowest BCUT2D eigenvalue weighted by atomic mass is 9.74. The molecule has 0 saturated carbocycles. The second-order valence-corrected chi connectivity index (χ2v) is 12.3. The molecular formula is C27H43F3N2O2. The Bertz CT molecular complexity index is 803. The maximum Gasteiger partial charge on any atom is 0.416 e. The van der Waals surface area contributed by atoms with E-state index in [1.54, 1.807) is 12.1 Å². The van der Waals surface area contributed by atoms with Crippen molar-refractivity contribution in [3.05, 3.63) is 35.4 Å². The highest BCUT2D eigenvalue weighted by molar-refractivity contribution is 5.68. The molecule has 0 bridgehead atoms. The summed E-state index contributed by atoms with van der Waals surface area (Å²) in [5.74, 6) is 0.